The zero-order chi connectivity index (χ0) is 13.3. The number of rotatable bonds is 8. The zero-order valence-corrected chi connectivity index (χ0v) is 10.4. The largest absolute Gasteiger partial charge is 0.480 e. The highest BCUT2D eigenvalue weighted by Crippen LogP contribution is 2.01. The Morgan fingerprint density at radius 1 is 1.24 bits per heavy atom. The summed E-state index contributed by atoms with van der Waals surface area (Å²) in [4.78, 5) is 22.0. The first-order valence-corrected chi connectivity index (χ1v) is 5.85. The highest BCUT2D eigenvalue weighted by Gasteiger charge is 2.18. The lowest BCUT2D eigenvalue weighted by atomic mass is 10.1. The van der Waals surface area contributed by atoms with E-state index >= 15 is 0 Å². The fourth-order valence-electron chi connectivity index (χ4n) is 1.31. The van der Waals surface area contributed by atoms with Crippen LogP contribution in [0, 0.1) is 5.92 Å². The number of aliphatic hydroxyl groups excluding tert-OH is 1. The Balaban J connectivity index is 3.78. The van der Waals surface area contributed by atoms with Gasteiger partial charge in [0.05, 0.1) is 0 Å². The molecule has 6 heteroatoms. The van der Waals surface area contributed by atoms with Crippen LogP contribution in [0.5, 0.6) is 0 Å². The second-order valence-electron chi connectivity index (χ2n) is 4.34. The molecule has 1 atom stereocenters. The average molecular weight is 246 g/mol. The van der Waals surface area contributed by atoms with Crippen LogP contribution in [0.3, 0.4) is 0 Å². The molecule has 1 unspecified atom stereocenters. The normalized spacial score (nSPS) is 12.2. The number of aliphatic hydroxyl groups is 1. The summed E-state index contributed by atoms with van der Waals surface area (Å²) >= 11 is 0. The van der Waals surface area contributed by atoms with Crippen LogP contribution in [0.15, 0.2) is 0 Å². The van der Waals surface area contributed by atoms with Gasteiger partial charge in [-0.1, -0.05) is 13.8 Å². The van der Waals surface area contributed by atoms with Crippen molar-refractivity contribution in [3.8, 4) is 0 Å². The second kappa shape index (κ2) is 8.81. The summed E-state index contributed by atoms with van der Waals surface area (Å²) in [5.41, 5.74) is 0. The van der Waals surface area contributed by atoms with Crippen LogP contribution >= 0.6 is 0 Å². The van der Waals surface area contributed by atoms with E-state index < -0.39 is 18.0 Å². The molecule has 2 amide bonds. The molecular formula is C11H22N2O4. The average Bonchev–Trinajstić information content (AvgIpc) is 2.23. The molecule has 0 aromatic rings. The number of hydrogen-bond acceptors (Lipinski definition) is 3. The fourth-order valence-corrected chi connectivity index (χ4v) is 1.31. The lowest BCUT2D eigenvalue weighted by Crippen LogP contribution is -2.46. The molecule has 0 aliphatic heterocycles. The Bertz CT molecular complexity index is 244. The SMILES string of the molecule is CC(C)CCCNC(=O)NC(CCO)C(=O)O. The fraction of sp³-hybridized carbons (Fsp3) is 0.818. The van der Waals surface area contributed by atoms with Gasteiger partial charge in [-0.2, -0.15) is 0 Å². The monoisotopic (exact) mass is 246 g/mol. The molecule has 0 aromatic carbocycles. The standard InChI is InChI=1S/C11H22N2O4/c1-8(2)4-3-6-12-11(17)13-9(5-7-14)10(15)16/h8-9,14H,3-7H2,1-2H3,(H,15,16)(H2,12,13,17). The van der Waals surface area contributed by atoms with E-state index in [1.54, 1.807) is 0 Å². The van der Waals surface area contributed by atoms with Crippen LogP contribution in [-0.4, -0.2) is 41.4 Å². The molecule has 0 rings (SSSR count). The van der Waals surface area contributed by atoms with Crippen molar-refractivity contribution in [2.75, 3.05) is 13.2 Å². The van der Waals surface area contributed by atoms with Gasteiger partial charge in [-0.25, -0.2) is 9.59 Å². The lowest BCUT2D eigenvalue weighted by molar-refractivity contribution is -0.139. The minimum atomic E-state index is -1.14. The number of hydrogen-bond donors (Lipinski definition) is 4. The Morgan fingerprint density at radius 3 is 2.35 bits per heavy atom. The third kappa shape index (κ3) is 8.50. The first-order valence-electron chi connectivity index (χ1n) is 5.85. The third-order valence-corrected chi connectivity index (χ3v) is 2.27. The molecule has 17 heavy (non-hydrogen) atoms. The number of nitrogens with one attached hydrogen (secondary N) is 2. The van der Waals surface area contributed by atoms with Gasteiger partial charge < -0.3 is 20.8 Å². The van der Waals surface area contributed by atoms with Crippen molar-refractivity contribution in [1.29, 1.82) is 0 Å². The Labute approximate surface area is 101 Å². The number of aliphatic carboxylic acids is 1. The Morgan fingerprint density at radius 2 is 1.88 bits per heavy atom. The van der Waals surface area contributed by atoms with Crippen molar-refractivity contribution in [2.45, 2.75) is 39.2 Å². The van der Waals surface area contributed by atoms with E-state index in [-0.39, 0.29) is 13.0 Å². The molecule has 0 fully saturated rings. The molecule has 0 aliphatic rings. The minimum Gasteiger partial charge on any atom is -0.480 e. The summed E-state index contributed by atoms with van der Waals surface area (Å²) in [6.45, 7) is 4.45. The molecule has 0 aliphatic carbocycles. The summed E-state index contributed by atoms with van der Waals surface area (Å²) in [6, 6.07) is -1.54. The van der Waals surface area contributed by atoms with Crippen molar-refractivity contribution in [3.05, 3.63) is 0 Å². The maximum Gasteiger partial charge on any atom is 0.326 e. The summed E-state index contributed by atoms with van der Waals surface area (Å²) in [7, 11) is 0. The molecule has 0 saturated heterocycles. The highest BCUT2D eigenvalue weighted by molar-refractivity contribution is 5.82. The number of carbonyl (C=O) groups excluding carboxylic acids is 1. The lowest BCUT2D eigenvalue weighted by Gasteiger charge is -2.14. The molecule has 0 saturated carbocycles. The molecule has 0 aromatic heterocycles. The number of urea groups is 1. The van der Waals surface area contributed by atoms with E-state index in [1.165, 1.54) is 0 Å². The van der Waals surface area contributed by atoms with Crippen molar-refractivity contribution in [3.63, 3.8) is 0 Å². The molecule has 100 valence electrons. The number of carboxylic acid groups (broad SMARTS) is 1. The van der Waals surface area contributed by atoms with Crippen LogP contribution < -0.4 is 10.6 Å². The molecule has 6 nitrogen and oxygen atoms in total. The summed E-state index contributed by atoms with van der Waals surface area (Å²) in [6.07, 6.45) is 1.89. The van der Waals surface area contributed by atoms with Gasteiger partial charge in [-0.3, -0.25) is 0 Å². The van der Waals surface area contributed by atoms with E-state index in [4.69, 9.17) is 10.2 Å². The quantitative estimate of drug-likeness (QED) is 0.470. The third-order valence-electron chi connectivity index (χ3n) is 2.27. The zero-order valence-electron chi connectivity index (χ0n) is 10.4. The molecule has 0 heterocycles. The predicted octanol–water partition coefficient (Wildman–Crippen LogP) is 0.557. The van der Waals surface area contributed by atoms with Crippen LogP contribution in [0.4, 0.5) is 4.79 Å². The van der Waals surface area contributed by atoms with Crippen molar-refractivity contribution < 1.29 is 19.8 Å². The first-order chi connectivity index (χ1) is 7.97. The smallest absolute Gasteiger partial charge is 0.326 e. The summed E-state index contributed by atoms with van der Waals surface area (Å²) in [5, 5.41) is 22.3. The Kier molecular flexibility index (Phi) is 8.13. The van der Waals surface area contributed by atoms with Gasteiger partial charge >= 0.3 is 12.0 Å². The van der Waals surface area contributed by atoms with Crippen LogP contribution in [0.2, 0.25) is 0 Å². The van der Waals surface area contributed by atoms with Gasteiger partial charge in [0.25, 0.3) is 0 Å². The maximum atomic E-state index is 11.3. The molecule has 0 bridgehead atoms. The first kappa shape index (κ1) is 15.7. The maximum absolute atomic E-state index is 11.3. The molecular weight excluding hydrogens is 224 g/mol. The minimum absolute atomic E-state index is 0.00868. The predicted molar refractivity (Wildman–Crippen MR) is 63.7 cm³/mol. The Hall–Kier alpha value is -1.30. The van der Waals surface area contributed by atoms with E-state index in [2.05, 4.69) is 24.5 Å². The molecule has 0 spiro atoms. The number of carbonyl (C=O) groups is 2. The van der Waals surface area contributed by atoms with Crippen LogP contribution in [0.25, 0.3) is 0 Å². The van der Waals surface area contributed by atoms with Gasteiger partial charge in [0, 0.05) is 19.6 Å². The van der Waals surface area contributed by atoms with Gasteiger partial charge in [0.1, 0.15) is 6.04 Å². The van der Waals surface area contributed by atoms with Gasteiger partial charge in [0.15, 0.2) is 0 Å². The molecule has 0 radical (unpaired) electrons. The highest BCUT2D eigenvalue weighted by atomic mass is 16.4. The van der Waals surface area contributed by atoms with Crippen LogP contribution in [-0.2, 0) is 4.79 Å². The van der Waals surface area contributed by atoms with Crippen molar-refractivity contribution in [2.24, 2.45) is 5.92 Å². The van der Waals surface area contributed by atoms with E-state index in [1.807, 2.05) is 0 Å². The van der Waals surface area contributed by atoms with E-state index in [0.717, 1.165) is 12.8 Å². The second-order valence-corrected chi connectivity index (χ2v) is 4.34. The number of amides is 2. The molecule has 4 N–H and O–H groups in total. The summed E-state index contributed by atoms with van der Waals surface area (Å²) < 4.78 is 0. The topological polar surface area (TPSA) is 98.7 Å². The van der Waals surface area contributed by atoms with Gasteiger partial charge in [-0.05, 0) is 18.8 Å². The van der Waals surface area contributed by atoms with E-state index in [0.29, 0.717) is 12.5 Å². The van der Waals surface area contributed by atoms with Gasteiger partial charge in [0.2, 0.25) is 0 Å². The van der Waals surface area contributed by atoms with E-state index in [9.17, 15) is 9.59 Å². The van der Waals surface area contributed by atoms with Gasteiger partial charge in [-0.15, -0.1) is 0 Å². The number of carboxylic acids is 1. The van der Waals surface area contributed by atoms with Crippen molar-refractivity contribution in [1.82, 2.24) is 10.6 Å². The van der Waals surface area contributed by atoms with Crippen LogP contribution in [0.1, 0.15) is 33.1 Å². The summed E-state index contributed by atoms with van der Waals surface area (Å²) in [5.74, 6) is -0.558. The van der Waals surface area contributed by atoms with Crippen molar-refractivity contribution >= 4 is 12.0 Å².